The molecule has 1 aliphatic carbocycles. The summed E-state index contributed by atoms with van der Waals surface area (Å²) in [6.45, 7) is 1.57. The van der Waals surface area contributed by atoms with E-state index >= 15 is 0 Å². The number of rotatable bonds is 2. The van der Waals surface area contributed by atoms with E-state index < -0.39 is 17.8 Å². The molecule has 1 fully saturated rings. The minimum Gasteiger partial charge on any atom is -0.398 e. The second kappa shape index (κ2) is 5.57. The summed E-state index contributed by atoms with van der Waals surface area (Å²) >= 11 is 0. The summed E-state index contributed by atoms with van der Waals surface area (Å²) in [5, 5.41) is 12.6. The third-order valence-corrected chi connectivity index (χ3v) is 3.69. The van der Waals surface area contributed by atoms with Gasteiger partial charge < -0.3 is 16.2 Å². The van der Waals surface area contributed by atoms with Gasteiger partial charge >= 0.3 is 0 Å². The Bertz CT molecular complexity index is 467. The first-order valence-electron chi connectivity index (χ1n) is 6.53. The van der Waals surface area contributed by atoms with Crippen molar-refractivity contribution in [2.75, 3.05) is 5.73 Å². The molecule has 2 rings (SSSR count). The molecule has 0 saturated heterocycles. The highest BCUT2D eigenvalue weighted by Crippen LogP contribution is 2.20. The summed E-state index contributed by atoms with van der Waals surface area (Å²) in [6, 6.07) is 2.38. The summed E-state index contributed by atoms with van der Waals surface area (Å²) < 4.78 is 13.5. The van der Waals surface area contributed by atoms with Crippen LogP contribution in [0.25, 0.3) is 0 Å². The van der Waals surface area contributed by atoms with Gasteiger partial charge in [0.25, 0.3) is 5.91 Å². The van der Waals surface area contributed by atoms with E-state index in [9.17, 15) is 14.3 Å². The van der Waals surface area contributed by atoms with Crippen LogP contribution in [0, 0.1) is 12.7 Å². The third kappa shape index (κ3) is 3.04. The lowest BCUT2D eigenvalue weighted by atomic mass is 9.92. The predicted molar refractivity (Wildman–Crippen MR) is 71.3 cm³/mol. The number of anilines is 1. The second-order valence-corrected chi connectivity index (χ2v) is 5.10. The first kappa shape index (κ1) is 13.8. The number of carbonyl (C=O) groups excluding carboxylic acids is 1. The SMILES string of the molecule is Cc1c(N)cc(C(=O)NC2CCCCC2O)cc1F. The maximum atomic E-state index is 13.5. The molecule has 0 spiro atoms. The van der Waals surface area contributed by atoms with Crippen LogP contribution in [-0.4, -0.2) is 23.2 Å². The first-order valence-corrected chi connectivity index (χ1v) is 6.53. The van der Waals surface area contributed by atoms with E-state index in [-0.39, 0.29) is 17.3 Å². The molecular weight excluding hydrogens is 247 g/mol. The number of aliphatic hydroxyl groups is 1. The molecule has 2 unspecified atom stereocenters. The largest absolute Gasteiger partial charge is 0.398 e. The van der Waals surface area contributed by atoms with Gasteiger partial charge in [-0.1, -0.05) is 12.8 Å². The van der Waals surface area contributed by atoms with Crippen LogP contribution < -0.4 is 11.1 Å². The van der Waals surface area contributed by atoms with Gasteiger partial charge in [-0.2, -0.15) is 0 Å². The monoisotopic (exact) mass is 266 g/mol. The number of halogens is 1. The molecule has 1 saturated carbocycles. The fourth-order valence-corrected chi connectivity index (χ4v) is 2.36. The number of carbonyl (C=O) groups is 1. The molecule has 0 aliphatic heterocycles. The molecular formula is C14H19FN2O2. The molecule has 4 N–H and O–H groups in total. The van der Waals surface area contributed by atoms with E-state index in [1.165, 1.54) is 12.1 Å². The Morgan fingerprint density at radius 3 is 2.74 bits per heavy atom. The number of nitrogens with two attached hydrogens (primary N) is 1. The number of amides is 1. The topological polar surface area (TPSA) is 75.4 Å². The fraction of sp³-hybridized carbons (Fsp3) is 0.500. The molecule has 1 aliphatic rings. The Balaban J connectivity index is 2.11. The molecule has 0 radical (unpaired) electrons. The van der Waals surface area contributed by atoms with Crippen molar-refractivity contribution >= 4 is 11.6 Å². The van der Waals surface area contributed by atoms with Crippen LogP contribution in [0.1, 0.15) is 41.6 Å². The van der Waals surface area contributed by atoms with Gasteiger partial charge in [0.2, 0.25) is 0 Å². The van der Waals surface area contributed by atoms with Crippen molar-refractivity contribution in [3.8, 4) is 0 Å². The van der Waals surface area contributed by atoms with Gasteiger partial charge in [-0.05, 0) is 31.9 Å². The summed E-state index contributed by atoms with van der Waals surface area (Å²) in [7, 11) is 0. The van der Waals surface area contributed by atoms with Gasteiger partial charge in [-0.25, -0.2) is 4.39 Å². The van der Waals surface area contributed by atoms with Gasteiger partial charge in [0, 0.05) is 16.8 Å². The molecule has 0 bridgehead atoms. The second-order valence-electron chi connectivity index (χ2n) is 5.10. The Hall–Kier alpha value is -1.62. The van der Waals surface area contributed by atoms with Crippen molar-refractivity contribution in [2.45, 2.75) is 44.8 Å². The molecule has 4 nitrogen and oxygen atoms in total. The molecule has 104 valence electrons. The van der Waals surface area contributed by atoms with Gasteiger partial charge in [0.15, 0.2) is 0 Å². The van der Waals surface area contributed by atoms with Gasteiger partial charge in [0.1, 0.15) is 5.82 Å². The standard InChI is InChI=1S/C14H19FN2O2/c1-8-10(15)6-9(7-11(8)16)14(19)17-12-4-2-3-5-13(12)18/h6-7,12-13,18H,2-5,16H2,1H3,(H,17,19). The zero-order chi connectivity index (χ0) is 14.0. The molecule has 2 atom stereocenters. The maximum absolute atomic E-state index is 13.5. The lowest BCUT2D eigenvalue weighted by Crippen LogP contribution is -2.45. The van der Waals surface area contributed by atoms with Crippen molar-refractivity contribution in [3.63, 3.8) is 0 Å². The number of hydrogen-bond donors (Lipinski definition) is 3. The molecule has 0 heterocycles. The van der Waals surface area contributed by atoms with Crippen molar-refractivity contribution in [1.82, 2.24) is 5.32 Å². The third-order valence-electron chi connectivity index (χ3n) is 3.69. The van der Waals surface area contributed by atoms with Crippen LogP contribution in [0.3, 0.4) is 0 Å². The highest BCUT2D eigenvalue weighted by atomic mass is 19.1. The van der Waals surface area contributed by atoms with Gasteiger partial charge in [-0.3, -0.25) is 4.79 Å². The van der Waals surface area contributed by atoms with E-state index in [1.807, 2.05) is 0 Å². The summed E-state index contributed by atoms with van der Waals surface area (Å²) in [4.78, 5) is 12.0. The lowest BCUT2D eigenvalue weighted by molar-refractivity contribution is 0.0717. The molecule has 0 aromatic heterocycles. The molecule has 1 aromatic rings. The average molecular weight is 266 g/mol. The summed E-state index contributed by atoms with van der Waals surface area (Å²) in [5.41, 5.74) is 6.44. The quantitative estimate of drug-likeness (QED) is 0.714. The summed E-state index contributed by atoms with van der Waals surface area (Å²) in [5.74, 6) is -0.883. The highest BCUT2D eigenvalue weighted by Gasteiger charge is 2.25. The normalized spacial score (nSPS) is 23.1. The fourth-order valence-electron chi connectivity index (χ4n) is 2.36. The van der Waals surface area contributed by atoms with E-state index in [0.29, 0.717) is 12.0 Å². The van der Waals surface area contributed by atoms with Crippen LogP contribution >= 0.6 is 0 Å². The molecule has 1 amide bonds. The smallest absolute Gasteiger partial charge is 0.251 e. The predicted octanol–water partition coefficient (Wildman–Crippen LogP) is 1.75. The van der Waals surface area contributed by atoms with Gasteiger partial charge in [0.05, 0.1) is 12.1 Å². The van der Waals surface area contributed by atoms with Crippen LogP contribution in [0.4, 0.5) is 10.1 Å². The summed E-state index contributed by atoms with van der Waals surface area (Å²) in [6.07, 6.45) is 2.86. The zero-order valence-electron chi connectivity index (χ0n) is 10.9. The van der Waals surface area contributed by atoms with E-state index in [2.05, 4.69) is 5.32 Å². The Morgan fingerprint density at radius 1 is 1.42 bits per heavy atom. The molecule has 5 heteroatoms. The van der Waals surface area contributed by atoms with E-state index in [0.717, 1.165) is 19.3 Å². The highest BCUT2D eigenvalue weighted by molar-refractivity contribution is 5.95. The van der Waals surface area contributed by atoms with Crippen LogP contribution in [0.2, 0.25) is 0 Å². The number of nitrogen functional groups attached to an aromatic ring is 1. The number of benzene rings is 1. The Kier molecular flexibility index (Phi) is 4.04. The molecule has 1 aromatic carbocycles. The van der Waals surface area contributed by atoms with Crippen molar-refractivity contribution < 1.29 is 14.3 Å². The minimum atomic E-state index is -0.523. The Labute approximate surface area is 111 Å². The van der Waals surface area contributed by atoms with Crippen molar-refractivity contribution in [2.24, 2.45) is 0 Å². The van der Waals surface area contributed by atoms with Crippen LogP contribution in [0.15, 0.2) is 12.1 Å². The first-order chi connectivity index (χ1) is 8.99. The van der Waals surface area contributed by atoms with E-state index in [1.54, 1.807) is 6.92 Å². The lowest BCUT2D eigenvalue weighted by Gasteiger charge is -2.28. The number of hydrogen-bond acceptors (Lipinski definition) is 3. The van der Waals surface area contributed by atoms with Gasteiger partial charge in [-0.15, -0.1) is 0 Å². The Morgan fingerprint density at radius 2 is 2.11 bits per heavy atom. The van der Waals surface area contributed by atoms with Crippen LogP contribution in [0.5, 0.6) is 0 Å². The van der Waals surface area contributed by atoms with Crippen molar-refractivity contribution in [1.29, 1.82) is 0 Å². The molecule has 19 heavy (non-hydrogen) atoms. The number of aliphatic hydroxyl groups excluding tert-OH is 1. The zero-order valence-corrected chi connectivity index (χ0v) is 10.9. The van der Waals surface area contributed by atoms with Crippen molar-refractivity contribution in [3.05, 3.63) is 29.1 Å². The minimum absolute atomic E-state index is 0.193. The average Bonchev–Trinajstić information content (AvgIpc) is 2.38. The number of nitrogens with one attached hydrogen (secondary N) is 1. The van der Waals surface area contributed by atoms with E-state index in [4.69, 9.17) is 5.73 Å². The van der Waals surface area contributed by atoms with Crippen LogP contribution in [-0.2, 0) is 0 Å². The maximum Gasteiger partial charge on any atom is 0.251 e.